The largest absolute Gasteiger partial charge is 0.393 e. The van der Waals surface area contributed by atoms with E-state index < -0.39 is 6.10 Å². The van der Waals surface area contributed by atoms with E-state index in [1.54, 1.807) is 20.0 Å². The predicted octanol–water partition coefficient (Wildman–Crippen LogP) is 1.78. The summed E-state index contributed by atoms with van der Waals surface area (Å²) in [6.45, 7) is 2.65. The second-order valence-corrected chi connectivity index (χ2v) is 4.67. The zero-order valence-electron chi connectivity index (χ0n) is 11.4. The number of hydrogen-bond donors (Lipinski definition) is 2. The molecule has 2 N–H and O–H groups in total. The molecule has 0 saturated carbocycles. The third kappa shape index (κ3) is 6.20. The molecule has 1 unspecified atom stereocenters. The highest BCUT2D eigenvalue weighted by molar-refractivity contribution is 5.73. The number of nitrogens with zero attached hydrogens (tertiary/aromatic N) is 1. The van der Waals surface area contributed by atoms with Crippen molar-refractivity contribution in [2.45, 2.75) is 25.9 Å². The molecule has 106 valence electrons. The first-order chi connectivity index (χ1) is 8.99. The molecule has 1 aromatic rings. The van der Waals surface area contributed by atoms with Crippen molar-refractivity contribution in [3.05, 3.63) is 35.6 Å². The number of amides is 2. The molecular formula is C14H21FN2O2. The number of carbonyl (C=O) groups is 1. The van der Waals surface area contributed by atoms with E-state index in [0.29, 0.717) is 25.9 Å². The monoisotopic (exact) mass is 268 g/mol. The Balaban J connectivity index is 2.26. The third-order valence-electron chi connectivity index (χ3n) is 2.81. The molecule has 0 aliphatic heterocycles. The van der Waals surface area contributed by atoms with Gasteiger partial charge >= 0.3 is 6.03 Å². The number of aliphatic hydroxyl groups is 1. The van der Waals surface area contributed by atoms with E-state index in [4.69, 9.17) is 5.11 Å². The van der Waals surface area contributed by atoms with Gasteiger partial charge in [-0.3, -0.25) is 0 Å². The van der Waals surface area contributed by atoms with Crippen LogP contribution in [0.1, 0.15) is 18.9 Å². The highest BCUT2D eigenvalue weighted by atomic mass is 19.1. The van der Waals surface area contributed by atoms with Crippen LogP contribution in [0.15, 0.2) is 24.3 Å². The van der Waals surface area contributed by atoms with Crippen LogP contribution < -0.4 is 5.32 Å². The van der Waals surface area contributed by atoms with Crippen molar-refractivity contribution in [2.24, 2.45) is 0 Å². The second kappa shape index (κ2) is 7.74. The second-order valence-electron chi connectivity index (χ2n) is 4.67. The lowest BCUT2D eigenvalue weighted by molar-refractivity contribution is 0.163. The number of aliphatic hydroxyl groups excluding tert-OH is 1. The fraction of sp³-hybridized carbons (Fsp3) is 0.500. The minimum absolute atomic E-state index is 0.183. The molecule has 2 amide bonds. The maximum atomic E-state index is 12.9. The predicted molar refractivity (Wildman–Crippen MR) is 72.4 cm³/mol. The number of nitrogens with one attached hydrogen (secondary N) is 1. The number of rotatable bonds is 6. The quantitative estimate of drug-likeness (QED) is 0.826. The van der Waals surface area contributed by atoms with Crippen molar-refractivity contribution >= 4 is 6.03 Å². The van der Waals surface area contributed by atoms with Crippen molar-refractivity contribution in [1.82, 2.24) is 10.2 Å². The van der Waals surface area contributed by atoms with Crippen molar-refractivity contribution < 1.29 is 14.3 Å². The van der Waals surface area contributed by atoms with E-state index in [-0.39, 0.29) is 11.8 Å². The fourth-order valence-electron chi connectivity index (χ4n) is 1.62. The van der Waals surface area contributed by atoms with E-state index in [1.807, 2.05) is 6.07 Å². The Morgan fingerprint density at radius 1 is 1.53 bits per heavy atom. The Labute approximate surface area is 113 Å². The maximum absolute atomic E-state index is 12.9. The molecule has 4 nitrogen and oxygen atoms in total. The summed E-state index contributed by atoms with van der Waals surface area (Å²) in [5.41, 5.74) is 0.854. The molecular weight excluding hydrogens is 247 g/mol. The van der Waals surface area contributed by atoms with Crippen molar-refractivity contribution in [2.75, 3.05) is 20.1 Å². The Morgan fingerprint density at radius 2 is 2.26 bits per heavy atom. The number of urea groups is 1. The minimum Gasteiger partial charge on any atom is -0.393 e. The summed E-state index contributed by atoms with van der Waals surface area (Å²) in [5.74, 6) is -0.266. The number of benzene rings is 1. The lowest BCUT2D eigenvalue weighted by atomic mass is 10.1. The lowest BCUT2D eigenvalue weighted by Gasteiger charge is -2.18. The number of hydrogen-bond acceptors (Lipinski definition) is 2. The average Bonchev–Trinajstić information content (AvgIpc) is 2.35. The number of carbonyl (C=O) groups excluding carboxylic acids is 1. The third-order valence-corrected chi connectivity index (χ3v) is 2.81. The van der Waals surface area contributed by atoms with Crippen molar-refractivity contribution in [3.8, 4) is 0 Å². The standard InChI is InChI=1S/C14H21FN2O2/c1-11(18)7-9-17(2)14(19)16-8-6-12-4-3-5-13(15)10-12/h3-5,10-11,18H,6-9H2,1-2H3,(H,16,19). The SMILES string of the molecule is CC(O)CCN(C)C(=O)NCCc1cccc(F)c1. The molecule has 1 atom stereocenters. The average molecular weight is 268 g/mol. The van der Waals surface area contributed by atoms with E-state index >= 15 is 0 Å². The fourth-order valence-corrected chi connectivity index (χ4v) is 1.62. The summed E-state index contributed by atoms with van der Waals surface area (Å²) in [5, 5.41) is 11.9. The van der Waals surface area contributed by atoms with Crippen LogP contribution in [0.2, 0.25) is 0 Å². The van der Waals surface area contributed by atoms with Gasteiger partial charge in [-0.25, -0.2) is 9.18 Å². The van der Waals surface area contributed by atoms with Crippen LogP contribution in [-0.2, 0) is 6.42 Å². The molecule has 0 bridgehead atoms. The van der Waals surface area contributed by atoms with Gasteiger partial charge in [0.15, 0.2) is 0 Å². The van der Waals surface area contributed by atoms with Crippen LogP contribution in [0.5, 0.6) is 0 Å². The first kappa shape index (κ1) is 15.4. The van der Waals surface area contributed by atoms with Gasteiger partial charge in [0.05, 0.1) is 6.10 Å². The molecule has 0 aliphatic carbocycles. The maximum Gasteiger partial charge on any atom is 0.317 e. The first-order valence-electron chi connectivity index (χ1n) is 6.40. The van der Waals surface area contributed by atoms with Crippen LogP contribution in [0.25, 0.3) is 0 Å². The Kier molecular flexibility index (Phi) is 6.29. The van der Waals surface area contributed by atoms with Gasteiger partial charge in [-0.2, -0.15) is 0 Å². The zero-order chi connectivity index (χ0) is 14.3. The minimum atomic E-state index is -0.414. The van der Waals surface area contributed by atoms with Crippen LogP contribution in [-0.4, -0.2) is 42.3 Å². The molecule has 0 heterocycles. The van der Waals surface area contributed by atoms with E-state index in [1.165, 1.54) is 17.0 Å². The van der Waals surface area contributed by atoms with Crippen LogP contribution in [0.3, 0.4) is 0 Å². The van der Waals surface area contributed by atoms with Gasteiger partial charge in [0.1, 0.15) is 5.82 Å². The Bertz CT molecular complexity index is 410. The number of halogens is 1. The molecule has 1 aromatic carbocycles. The van der Waals surface area contributed by atoms with Crippen molar-refractivity contribution in [3.63, 3.8) is 0 Å². The van der Waals surface area contributed by atoms with Crippen molar-refractivity contribution in [1.29, 1.82) is 0 Å². The molecule has 0 fully saturated rings. The Morgan fingerprint density at radius 3 is 2.89 bits per heavy atom. The lowest BCUT2D eigenvalue weighted by Crippen LogP contribution is -2.39. The molecule has 0 saturated heterocycles. The zero-order valence-corrected chi connectivity index (χ0v) is 11.4. The molecule has 0 spiro atoms. The summed E-state index contributed by atoms with van der Waals surface area (Å²) in [6.07, 6.45) is 0.726. The summed E-state index contributed by atoms with van der Waals surface area (Å²) in [7, 11) is 1.68. The van der Waals surface area contributed by atoms with Gasteiger partial charge in [0.25, 0.3) is 0 Å². The van der Waals surface area contributed by atoms with Gasteiger partial charge in [0, 0.05) is 20.1 Å². The van der Waals surface area contributed by atoms with Gasteiger partial charge in [-0.15, -0.1) is 0 Å². The van der Waals surface area contributed by atoms with Gasteiger partial charge in [-0.05, 0) is 37.5 Å². The highest BCUT2D eigenvalue weighted by Crippen LogP contribution is 2.03. The van der Waals surface area contributed by atoms with Gasteiger partial charge in [-0.1, -0.05) is 12.1 Å². The summed E-state index contributed by atoms with van der Waals surface area (Å²) in [4.78, 5) is 13.2. The topological polar surface area (TPSA) is 52.6 Å². The van der Waals surface area contributed by atoms with Crippen LogP contribution >= 0.6 is 0 Å². The highest BCUT2D eigenvalue weighted by Gasteiger charge is 2.08. The van der Waals surface area contributed by atoms with E-state index in [9.17, 15) is 9.18 Å². The Hall–Kier alpha value is -1.62. The molecule has 0 aromatic heterocycles. The summed E-state index contributed by atoms with van der Waals surface area (Å²) >= 11 is 0. The smallest absolute Gasteiger partial charge is 0.317 e. The molecule has 0 aliphatic rings. The first-order valence-corrected chi connectivity index (χ1v) is 6.40. The van der Waals surface area contributed by atoms with E-state index in [2.05, 4.69) is 5.32 Å². The van der Waals surface area contributed by atoms with Gasteiger partial charge < -0.3 is 15.3 Å². The van der Waals surface area contributed by atoms with E-state index in [0.717, 1.165) is 5.56 Å². The molecule has 5 heteroatoms. The summed E-state index contributed by atoms with van der Waals surface area (Å²) < 4.78 is 12.9. The molecule has 1 rings (SSSR count). The normalized spacial score (nSPS) is 12.0. The van der Waals surface area contributed by atoms with Gasteiger partial charge in [0.2, 0.25) is 0 Å². The van der Waals surface area contributed by atoms with Crippen LogP contribution in [0, 0.1) is 5.82 Å². The van der Waals surface area contributed by atoms with Crippen LogP contribution in [0.4, 0.5) is 9.18 Å². The summed E-state index contributed by atoms with van der Waals surface area (Å²) in [6, 6.07) is 6.15. The molecule has 19 heavy (non-hydrogen) atoms. The molecule has 0 radical (unpaired) electrons.